The first-order valence-corrected chi connectivity index (χ1v) is 8.00. The van der Waals surface area contributed by atoms with Gasteiger partial charge in [0.1, 0.15) is 0 Å². The lowest BCUT2D eigenvalue weighted by Gasteiger charge is -2.30. The first-order chi connectivity index (χ1) is 10.2. The summed E-state index contributed by atoms with van der Waals surface area (Å²) in [5.41, 5.74) is 1.19. The van der Waals surface area contributed by atoms with Gasteiger partial charge in [0.05, 0.1) is 0 Å². The summed E-state index contributed by atoms with van der Waals surface area (Å²) in [6, 6.07) is 4.45. The number of nitrogens with zero attached hydrogens (tertiary/aromatic N) is 3. The van der Waals surface area contributed by atoms with Crippen LogP contribution in [-0.4, -0.2) is 53.9 Å². The standard InChI is InChI=1S/C17H27N3O/c1-19(2)13-14-20(16-5-3-4-6-16)17(21)8-7-15-9-11-18-12-10-15/h9-12,16H,3-8,13-14H2,1-2H3. The average Bonchev–Trinajstić information content (AvgIpc) is 3.00. The summed E-state index contributed by atoms with van der Waals surface area (Å²) in [6.45, 7) is 1.80. The van der Waals surface area contributed by atoms with Crippen molar-refractivity contribution in [2.75, 3.05) is 27.2 Å². The van der Waals surface area contributed by atoms with Crippen molar-refractivity contribution >= 4 is 5.91 Å². The van der Waals surface area contributed by atoms with Crippen molar-refractivity contribution in [1.82, 2.24) is 14.8 Å². The van der Waals surface area contributed by atoms with E-state index in [1.807, 2.05) is 12.1 Å². The van der Waals surface area contributed by atoms with Crippen LogP contribution < -0.4 is 0 Å². The molecule has 1 amide bonds. The molecule has 1 aromatic heterocycles. The Morgan fingerprint density at radius 3 is 2.48 bits per heavy atom. The Labute approximate surface area is 128 Å². The normalized spacial score (nSPS) is 15.6. The summed E-state index contributed by atoms with van der Waals surface area (Å²) >= 11 is 0. The lowest BCUT2D eigenvalue weighted by Crippen LogP contribution is -2.42. The van der Waals surface area contributed by atoms with E-state index >= 15 is 0 Å². The molecule has 4 nitrogen and oxygen atoms in total. The van der Waals surface area contributed by atoms with Crippen LogP contribution in [0.4, 0.5) is 0 Å². The van der Waals surface area contributed by atoms with Crippen LogP contribution in [0, 0.1) is 0 Å². The molecule has 0 N–H and O–H groups in total. The summed E-state index contributed by atoms with van der Waals surface area (Å²) in [5.74, 6) is 0.306. The smallest absolute Gasteiger partial charge is 0.223 e. The fraction of sp³-hybridized carbons (Fsp3) is 0.647. The van der Waals surface area contributed by atoms with E-state index in [1.54, 1.807) is 12.4 Å². The van der Waals surface area contributed by atoms with Crippen LogP contribution in [0.3, 0.4) is 0 Å². The summed E-state index contributed by atoms with van der Waals surface area (Å²) in [7, 11) is 4.13. The van der Waals surface area contributed by atoms with Crippen LogP contribution in [0.5, 0.6) is 0 Å². The van der Waals surface area contributed by atoms with Gasteiger partial charge < -0.3 is 9.80 Å². The van der Waals surface area contributed by atoms with Gasteiger partial charge in [-0.3, -0.25) is 9.78 Å². The highest BCUT2D eigenvalue weighted by Gasteiger charge is 2.26. The molecular formula is C17H27N3O. The monoisotopic (exact) mass is 289 g/mol. The number of carbonyl (C=O) groups is 1. The predicted molar refractivity (Wildman–Crippen MR) is 85.1 cm³/mol. The second kappa shape index (κ2) is 8.13. The highest BCUT2D eigenvalue weighted by Crippen LogP contribution is 2.24. The Kier molecular flexibility index (Phi) is 6.18. The number of amides is 1. The van der Waals surface area contributed by atoms with E-state index in [0.717, 1.165) is 19.5 Å². The second-order valence-electron chi connectivity index (χ2n) is 6.18. The largest absolute Gasteiger partial charge is 0.338 e. The quantitative estimate of drug-likeness (QED) is 0.773. The molecule has 0 spiro atoms. The van der Waals surface area contributed by atoms with Crippen LogP contribution in [0.15, 0.2) is 24.5 Å². The summed E-state index contributed by atoms with van der Waals surface area (Å²) in [6.07, 6.45) is 9.88. The minimum atomic E-state index is 0.306. The lowest BCUT2D eigenvalue weighted by molar-refractivity contribution is -0.133. The summed E-state index contributed by atoms with van der Waals surface area (Å²) in [5, 5.41) is 0. The molecule has 1 aliphatic carbocycles. The van der Waals surface area contributed by atoms with Crippen LogP contribution in [-0.2, 0) is 11.2 Å². The minimum Gasteiger partial charge on any atom is -0.338 e. The van der Waals surface area contributed by atoms with E-state index in [0.29, 0.717) is 18.4 Å². The molecule has 0 saturated heterocycles. The number of likely N-dealkylation sites (N-methyl/N-ethyl adjacent to an activating group) is 1. The SMILES string of the molecule is CN(C)CCN(C(=O)CCc1ccncc1)C1CCCC1. The number of aryl methyl sites for hydroxylation is 1. The van der Waals surface area contributed by atoms with Gasteiger partial charge in [-0.1, -0.05) is 12.8 Å². The Morgan fingerprint density at radius 1 is 1.19 bits per heavy atom. The van der Waals surface area contributed by atoms with Gasteiger partial charge in [-0.15, -0.1) is 0 Å². The van der Waals surface area contributed by atoms with Crippen molar-refractivity contribution in [1.29, 1.82) is 0 Å². The first kappa shape index (κ1) is 16.0. The van der Waals surface area contributed by atoms with E-state index in [9.17, 15) is 4.79 Å². The highest BCUT2D eigenvalue weighted by atomic mass is 16.2. The number of rotatable bonds is 7. The van der Waals surface area contributed by atoms with Crippen molar-refractivity contribution in [3.63, 3.8) is 0 Å². The third-order valence-electron chi connectivity index (χ3n) is 4.25. The van der Waals surface area contributed by atoms with Crippen LogP contribution in [0.2, 0.25) is 0 Å². The number of pyridine rings is 1. The van der Waals surface area contributed by atoms with Crippen molar-refractivity contribution in [2.45, 2.75) is 44.6 Å². The van der Waals surface area contributed by atoms with E-state index in [-0.39, 0.29) is 0 Å². The van der Waals surface area contributed by atoms with Crippen molar-refractivity contribution in [3.05, 3.63) is 30.1 Å². The molecule has 4 heteroatoms. The number of hydrogen-bond acceptors (Lipinski definition) is 3. The number of carbonyl (C=O) groups excluding carboxylic acids is 1. The molecule has 1 aliphatic rings. The predicted octanol–water partition coefficient (Wildman–Crippen LogP) is 2.35. The molecule has 0 unspecified atom stereocenters. The number of hydrogen-bond donors (Lipinski definition) is 0. The molecule has 1 fully saturated rings. The zero-order valence-corrected chi connectivity index (χ0v) is 13.3. The Morgan fingerprint density at radius 2 is 1.86 bits per heavy atom. The van der Waals surface area contributed by atoms with Gasteiger partial charge in [0.2, 0.25) is 5.91 Å². The molecule has 0 aromatic carbocycles. The zero-order chi connectivity index (χ0) is 15.1. The topological polar surface area (TPSA) is 36.4 Å². The molecule has 1 heterocycles. The van der Waals surface area contributed by atoms with Gasteiger partial charge >= 0.3 is 0 Å². The maximum atomic E-state index is 12.6. The van der Waals surface area contributed by atoms with E-state index in [1.165, 1.54) is 31.2 Å². The van der Waals surface area contributed by atoms with Crippen molar-refractivity contribution in [2.24, 2.45) is 0 Å². The molecule has 1 aromatic rings. The Balaban J connectivity index is 1.90. The highest BCUT2D eigenvalue weighted by molar-refractivity contribution is 5.76. The molecule has 0 radical (unpaired) electrons. The zero-order valence-electron chi connectivity index (χ0n) is 13.3. The van der Waals surface area contributed by atoms with E-state index in [4.69, 9.17) is 0 Å². The van der Waals surface area contributed by atoms with Gasteiger partial charge in [0, 0.05) is 37.9 Å². The van der Waals surface area contributed by atoms with Gasteiger partial charge in [0.15, 0.2) is 0 Å². The molecule has 1 saturated carbocycles. The van der Waals surface area contributed by atoms with Crippen molar-refractivity contribution < 1.29 is 4.79 Å². The maximum absolute atomic E-state index is 12.6. The molecule has 0 aliphatic heterocycles. The molecule has 2 rings (SSSR count). The van der Waals surface area contributed by atoms with Crippen LogP contribution >= 0.6 is 0 Å². The molecular weight excluding hydrogens is 262 g/mol. The van der Waals surface area contributed by atoms with Crippen molar-refractivity contribution in [3.8, 4) is 0 Å². The fourth-order valence-corrected chi connectivity index (χ4v) is 2.98. The molecule has 0 atom stereocenters. The maximum Gasteiger partial charge on any atom is 0.223 e. The fourth-order valence-electron chi connectivity index (χ4n) is 2.98. The average molecular weight is 289 g/mol. The molecule has 0 bridgehead atoms. The third kappa shape index (κ3) is 5.12. The van der Waals surface area contributed by atoms with Gasteiger partial charge in [-0.25, -0.2) is 0 Å². The first-order valence-electron chi connectivity index (χ1n) is 8.00. The minimum absolute atomic E-state index is 0.306. The van der Waals surface area contributed by atoms with Crippen LogP contribution in [0.1, 0.15) is 37.7 Å². The van der Waals surface area contributed by atoms with Gasteiger partial charge in [-0.05, 0) is 51.1 Å². The lowest BCUT2D eigenvalue weighted by atomic mass is 10.1. The summed E-state index contributed by atoms with van der Waals surface area (Å²) < 4.78 is 0. The van der Waals surface area contributed by atoms with E-state index < -0.39 is 0 Å². The molecule has 21 heavy (non-hydrogen) atoms. The summed E-state index contributed by atoms with van der Waals surface area (Å²) in [4.78, 5) is 20.9. The Bertz CT molecular complexity index is 427. The van der Waals surface area contributed by atoms with E-state index in [2.05, 4.69) is 28.9 Å². The van der Waals surface area contributed by atoms with Gasteiger partial charge in [0.25, 0.3) is 0 Å². The third-order valence-corrected chi connectivity index (χ3v) is 4.25. The Hall–Kier alpha value is -1.42. The second-order valence-corrected chi connectivity index (χ2v) is 6.18. The van der Waals surface area contributed by atoms with Gasteiger partial charge in [-0.2, -0.15) is 0 Å². The van der Waals surface area contributed by atoms with Crippen LogP contribution in [0.25, 0.3) is 0 Å². The molecule has 116 valence electrons. The number of aromatic nitrogens is 1.